The maximum Gasteiger partial charge on any atom is 0.316 e. The van der Waals surface area contributed by atoms with Gasteiger partial charge in [-0.25, -0.2) is 0 Å². The Morgan fingerprint density at radius 2 is 1.91 bits per heavy atom. The number of carbonyl (C=O) groups is 3. The molecule has 2 aliphatic rings. The first kappa shape index (κ1) is 16.8. The van der Waals surface area contributed by atoms with Gasteiger partial charge in [-0.1, -0.05) is 6.92 Å². The Labute approximate surface area is 131 Å². The van der Waals surface area contributed by atoms with E-state index in [1.807, 2.05) is 4.90 Å². The van der Waals surface area contributed by atoms with Crippen LogP contribution in [0.1, 0.15) is 45.4 Å². The molecule has 6 nitrogen and oxygen atoms in total. The van der Waals surface area contributed by atoms with Crippen molar-refractivity contribution in [2.24, 2.45) is 11.8 Å². The van der Waals surface area contributed by atoms with E-state index in [2.05, 4.69) is 0 Å². The van der Waals surface area contributed by atoms with Gasteiger partial charge in [0.2, 0.25) is 11.8 Å². The zero-order chi connectivity index (χ0) is 16.1. The van der Waals surface area contributed by atoms with Gasteiger partial charge in [-0.15, -0.1) is 0 Å². The maximum absolute atomic E-state index is 12.2. The number of hydrogen-bond acceptors (Lipinski definition) is 3. The molecule has 22 heavy (non-hydrogen) atoms. The van der Waals surface area contributed by atoms with Gasteiger partial charge in [0.25, 0.3) is 0 Å². The third-order valence-corrected chi connectivity index (χ3v) is 4.83. The third-order valence-electron chi connectivity index (χ3n) is 4.83. The second kappa shape index (κ2) is 7.61. The molecule has 0 spiro atoms. The first-order valence-corrected chi connectivity index (χ1v) is 8.32. The van der Waals surface area contributed by atoms with E-state index in [1.165, 1.54) is 0 Å². The summed E-state index contributed by atoms with van der Waals surface area (Å²) in [4.78, 5) is 38.8. The van der Waals surface area contributed by atoms with Gasteiger partial charge in [-0.3, -0.25) is 14.4 Å². The highest BCUT2D eigenvalue weighted by molar-refractivity contribution is 5.96. The van der Waals surface area contributed by atoms with Crippen LogP contribution in [0.25, 0.3) is 0 Å². The molecule has 1 atom stereocenters. The predicted molar refractivity (Wildman–Crippen MR) is 81.2 cm³/mol. The molecule has 1 unspecified atom stereocenters. The minimum Gasteiger partial charge on any atom is -0.481 e. The summed E-state index contributed by atoms with van der Waals surface area (Å²) in [6, 6.07) is 0. The number of carboxylic acids is 1. The largest absolute Gasteiger partial charge is 0.481 e. The van der Waals surface area contributed by atoms with Gasteiger partial charge in [-0.05, 0) is 38.0 Å². The molecule has 2 saturated heterocycles. The van der Waals surface area contributed by atoms with E-state index >= 15 is 0 Å². The van der Waals surface area contributed by atoms with Crippen LogP contribution in [0, 0.1) is 11.8 Å². The standard InChI is InChI=1S/C16H26N2O4/c1-2-13(16(21)22)15(20)17-9-6-12(7-10-17)11-18-8-4-3-5-14(18)19/h12-13H,2-11H2,1H3,(H,21,22). The molecule has 2 heterocycles. The molecule has 0 radical (unpaired) electrons. The molecule has 0 aromatic carbocycles. The molecular formula is C16H26N2O4. The van der Waals surface area contributed by atoms with E-state index in [9.17, 15) is 14.4 Å². The Morgan fingerprint density at radius 1 is 1.23 bits per heavy atom. The highest BCUT2D eigenvalue weighted by Gasteiger charge is 2.32. The molecule has 2 aliphatic heterocycles. The number of rotatable bonds is 5. The van der Waals surface area contributed by atoms with Crippen molar-refractivity contribution < 1.29 is 19.5 Å². The van der Waals surface area contributed by atoms with Crippen molar-refractivity contribution in [3.8, 4) is 0 Å². The first-order chi connectivity index (χ1) is 10.5. The van der Waals surface area contributed by atoms with E-state index in [4.69, 9.17) is 5.11 Å². The number of nitrogens with zero attached hydrogens (tertiary/aromatic N) is 2. The second-order valence-corrected chi connectivity index (χ2v) is 6.36. The number of amides is 2. The molecule has 0 aliphatic carbocycles. The van der Waals surface area contributed by atoms with Crippen LogP contribution in [-0.4, -0.2) is 58.9 Å². The van der Waals surface area contributed by atoms with E-state index in [-0.39, 0.29) is 11.8 Å². The second-order valence-electron chi connectivity index (χ2n) is 6.36. The Morgan fingerprint density at radius 3 is 2.45 bits per heavy atom. The Kier molecular flexibility index (Phi) is 5.80. The molecule has 0 aromatic heterocycles. The fourth-order valence-electron chi connectivity index (χ4n) is 3.38. The van der Waals surface area contributed by atoms with Gasteiger partial charge >= 0.3 is 5.97 Å². The summed E-state index contributed by atoms with van der Waals surface area (Å²) in [7, 11) is 0. The number of likely N-dealkylation sites (tertiary alicyclic amines) is 2. The Bertz CT molecular complexity index is 430. The van der Waals surface area contributed by atoms with Crippen molar-refractivity contribution in [2.75, 3.05) is 26.2 Å². The fraction of sp³-hybridized carbons (Fsp3) is 0.812. The van der Waals surface area contributed by atoms with Gasteiger partial charge in [0.15, 0.2) is 0 Å². The van der Waals surface area contributed by atoms with Crippen LogP contribution < -0.4 is 0 Å². The van der Waals surface area contributed by atoms with E-state index in [0.29, 0.717) is 31.8 Å². The molecule has 0 aromatic rings. The smallest absolute Gasteiger partial charge is 0.316 e. The zero-order valence-corrected chi connectivity index (χ0v) is 13.3. The molecule has 0 saturated carbocycles. The SMILES string of the molecule is CCC(C(=O)O)C(=O)N1CCC(CN2CCCCC2=O)CC1. The van der Waals surface area contributed by atoms with Crippen molar-refractivity contribution in [2.45, 2.75) is 45.4 Å². The van der Waals surface area contributed by atoms with Crippen molar-refractivity contribution in [3.05, 3.63) is 0 Å². The highest BCUT2D eigenvalue weighted by atomic mass is 16.4. The van der Waals surface area contributed by atoms with Crippen molar-refractivity contribution >= 4 is 17.8 Å². The lowest BCUT2D eigenvalue weighted by Gasteiger charge is -2.36. The molecule has 0 bridgehead atoms. The quantitative estimate of drug-likeness (QED) is 0.778. The molecule has 2 fully saturated rings. The van der Waals surface area contributed by atoms with E-state index in [0.717, 1.165) is 38.8 Å². The lowest BCUT2D eigenvalue weighted by Crippen LogP contribution is -2.46. The van der Waals surface area contributed by atoms with Crippen LogP contribution in [0.2, 0.25) is 0 Å². The summed E-state index contributed by atoms with van der Waals surface area (Å²) in [5.41, 5.74) is 0. The lowest BCUT2D eigenvalue weighted by molar-refractivity contribution is -0.152. The number of aliphatic carboxylic acids is 1. The monoisotopic (exact) mass is 310 g/mol. The van der Waals surface area contributed by atoms with Crippen molar-refractivity contribution in [1.29, 1.82) is 0 Å². The summed E-state index contributed by atoms with van der Waals surface area (Å²) >= 11 is 0. The summed E-state index contributed by atoms with van der Waals surface area (Å²) in [6.45, 7) is 4.59. The number of piperidine rings is 2. The van der Waals surface area contributed by atoms with Crippen molar-refractivity contribution in [3.63, 3.8) is 0 Å². The molecule has 2 rings (SSSR count). The Hall–Kier alpha value is -1.59. The Balaban J connectivity index is 1.81. The van der Waals surface area contributed by atoms with Crippen LogP contribution in [0.3, 0.4) is 0 Å². The molecule has 124 valence electrons. The number of carboxylic acid groups (broad SMARTS) is 1. The fourth-order valence-corrected chi connectivity index (χ4v) is 3.38. The molecule has 2 amide bonds. The molecule has 6 heteroatoms. The van der Waals surface area contributed by atoms with Crippen LogP contribution in [0.4, 0.5) is 0 Å². The highest BCUT2D eigenvalue weighted by Crippen LogP contribution is 2.22. The topological polar surface area (TPSA) is 77.9 Å². The average molecular weight is 310 g/mol. The minimum atomic E-state index is -1.03. The minimum absolute atomic E-state index is 0.252. The summed E-state index contributed by atoms with van der Waals surface area (Å²) in [6.07, 6.45) is 4.78. The van der Waals surface area contributed by atoms with E-state index in [1.54, 1.807) is 11.8 Å². The van der Waals surface area contributed by atoms with Gasteiger partial charge in [0.05, 0.1) is 0 Å². The third kappa shape index (κ3) is 3.99. The average Bonchev–Trinajstić information content (AvgIpc) is 2.50. The normalized spacial score (nSPS) is 21.8. The number of carbonyl (C=O) groups excluding carboxylic acids is 2. The molecule has 1 N–H and O–H groups in total. The van der Waals surface area contributed by atoms with Gasteiger partial charge in [-0.2, -0.15) is 0 Å². The van der Waals surface area contributed by atoms with Crippen LogP contribution >= 0.6 is 0 Å². The van der Waals surface area contributed by atoms with Crippen LogP contribution in [-0.2, 0) is 14.4 Å². The molecular weight excluding hydrogens is 284 g/mol. The van der Waals surface area contributed by atoms with Gasteiger partial charge in [0.1, 0.15) is 5.92 Å². The predicted octanol–water partition coefficient (Wildman–Crippen LogP) is 1.35. The van der Waals surface area contributed by atoms with Gasteiger partial charge < -0.3 is 14.9 Å². The summed E-state index contributed by atoms with van der Waals surface area (Å²) in [5.74, 6) is -1.53. The van der Waals surface area contributed by atoms with Crippen molar-refractivity contribution in [1.82, 2.24) is 9.80 Å². The van der Waals surface area contributed by atoms with Crippen LogP contribution in [0.5, 0.6) is 0 Å². The van der Waals surface area contributed by atoms with Gasteiger partial charge in [0, 0.05) is 32.6 Å². The summed E-state index contributed by atoms with van der Waals surface area (Å²) in [5, 5.41) is 9.08. The maximum atomic E-state index is 12.2. The van der Waals surface area contributed by atoms with Crippen LogP contribution in [0.15, 0.2) is 0 Å². The summed E-state index contributed by atoms with van der Waals surface area (Å²) < 4.78 is 0. The first-order valence-electron chi connectivity index (χ1n) is 8.32. The lowest BCUT2D eigenvalue weighted by atomic mass is 9.94. The van der Waals surface area contributed by atoms with E-state index < -0.39 is 11.9 Å². The number of hydrogen-bond donors (Lipinski definition) is 1. The zero-order valence-electron chi connectivity index (χ0n) is 13.3.